The predicted octanol–water partition coefficient (Wildman–Crippen LogP) is 2.68. The van der Waals surface area contributed by atoms with Crippen molar-refractivity contribution in [3.63, 3.8) is 0 Å². The van der Waals surface area contributed by atoms with E-state index < -0.39 is 17.3 Å². The number of pyridine rings is 2. The molecular weight excluding hydrogens is 375 g/mol. The van der Waals surface area contributed by atoms with Gasteiger partial charge in [-0.3, -0.25) is 9.78 Å². The van der Waals surface area contributed by atoms with Gasteiger partial charge >= 0.3 is 6.18 Å². The molecule has 0 atom stereocenters. The first-order valence-electron chi connectivity index (χ1n) is 8.32. The molecule has 0 fully saturated rings. The molecule has 144 valence electrons. The molecule has 1 N–H and O–H groups in total. The smallest absolute Gasteiger partial charge is 0.423 e. The number of aromatic nitrogens is 4. The number of ether oxygens (including phenoxy) is 1. The molecule has 0 spiro atoms. The Labute approximate surface area is 156 Å². The van der Waals surface area contributed by atoms with Gasteiger partial charge in [0, 0.05) is 30.6 Å². The molecule has 1 aliphatic heterocycles. The van der Waals surface area contributed by atoms with Crippen LogP contribution in [0.15, 0.2) is 47.7 Å². The third-order valence-electron chi connectivity index (χ3n) is 4.31. The first kappa shape index (κ1) is 18.0. The number of hydrogen-bond acceptors (Lipinski definition) is 6. The van der Waals surface area contributed by atoms with Crippen molar-refractivity contribution in [3.05, 3.63) is 75.6 Å². The maximum Gasteiger partial charge on any atom is 0.423 e. The van der Waals surface area contributed by atoms with E-state index in [1.54, 1.807) is 30.6 Å². The Morgan fingerprint density at radius 3 is 2.79 bits per heavy atom. The Bertz CT molecular complexity index is 1050. The number of alkyl halides is 3. The highest BCUT2D eigenvalue weighted by Crippen LogP contribution is 2.36. The van der Waals surface area contributed by atoms with Crippen LogP contribution in [0.5, 0.6) is 5.88 Å². The van der Waals surface area contributed by atoms with Crippen molar-refractivity contribution in [1.82, 2.24) is 20.2 Å². The second kappa shape index (κ2) is 6.95. The van der Waals surface area contributed by atoms with Crippen molar-refractivity contribution < 1.29 is 17.9 Å². The lowest BCUT2D eigenvalue weighted by Crippen LogP contribution is -2.28. The Hall–Kier alpha value is -3.43. The molecule has 7 nitrogen and oxygen atoms in total. The molecule has 0 saturated heterocycles. The van der Waals surface area contributed by atoms with Gasteiger partial charge in [-0.1, -0.05) is 6.07 Å². The van der Waals surface area contributed by atoms with Crippen molar-refractivity contribution in [3.8, 4) is 5.88 Å². The number of nitrogens with zero attached hydrogens (tertiary/aromatic N) is 4. The summed E-state index contributed by atoms with van der Waals surface area (Å²) in [7, 11) is 0. The zero-order valence-corrected chi connectivity index (χ0v) is 14.4. The van der Waals surface area contributed by atoms with Crippen LogP contribution >= 0.6 is 0 Å². The summed E-state index contributed by atoms with van der Waals surface area (Å²) in [5.74, 6) is 0.365. The number of hydrogen-bond donors (Lipinski definition) is 1. The molecule has 4 heterocycles. The molecule has 0 aliphatic carbocycles. The Kier molecular flexibility index (Phi) is 4.46. The lowest BCUT2D eigenvalue weighted by Gasteiger charge is -2.20. The second-order valence-electron chi connectivity index (χ2n) is 6.22. The molecular formula is C18H14F3N5O2. The molecule has 0 bridgehead atoms. The maximum atomic E-state index is 13.3. The van der Waals surface area contributed by atoms with Crippen LogP contribution in [-0.2, 0) is 25.9 Å². The monoisotopic (exact) mass is 389 g/mol. The van der Waals surface area contributed by atoms with Gasteiger partial charge in [-0.25, -0.2) is 10.1 Å². The first-order valence-corrected chi connectivity index (χ1v) is 8.32. The van der Waals surface area contributed by atoms with E-state index in [1.807, 2.05) is 11.2 Å². The number of anilines is 1. The largest absolute Gasteiger partial charge is 0.473 e. The minimum Gasteiger partial charge on any atom is -0.473 e. The lowest BCUT2D eigenvalue weighted by atomic mass is 10.2. The summed E-state index contributed by atoms with van der Waals surface area (Å²) >= 11 is 0. The standard InChI is InChI=1S/C18H14F3N5O2/c19-18(20,21)16-14(7-23-25-17(16)27)26-8-12-3-4-15(24-13(12)9-26)28-10-11-2-1-5-22-6-11/h1-7H,8-10H2,(H,25,27). The topological polar surface area (TPSA) is 84.0 Å². The van der Waals surface area contributed by atoms with E-state index in [0.717, 1.165) is 17.3 Å². The first-order chi connectivity index (χ1) is 13.4. The Morgan fingerprint density at radius 1 is 1.18 bits per heavy atom. The SMILES string of the molecule is O=c1[nH]ncc(N2Cc3ccc(OCc4cccnc4)nc3C2)c1C(F)(F)F. The fraction of sp³-hybridized carbons (Fsp3) is 0.222. The highest BCUT2D eigenvalue weighted by atomic mass is 19.4. The highest BCUT2D eigenvalue weighted by molar-refractivity contribution is 5.55. The van der Waals surface area contributed by atoms with Crippen molar-refractivity contribution in [1.29, 1.82) is 0 Å². The summed E-state index contributed by atoms with van der Waals surface area (Å²) < 4.78 is 45.5. The molecule has 0 saturated carbocycles. The molecule has 4 rings (SSSR count). The van der Waals surface area contributed by atoms with E-state index in [-0.39, 0.29) is 25.4 Å². The van der Waals surface area contributed by atoms with Crippen molar-refractivity contribution >= 4 is 5.69 Å². The summed E-state index contributed by atoms with van der Waals surface area (Å²) in [5, 5.41) is 5.36. The molecule has 3 aromatic heterocycles. The molecule has 0 radical (unpaired) electrons. The molecule has 0 aromatic carbocycles. The Balaban J connectivity index is 1.55. The Morgan fingerprint density at radius 2 is 2.04 bits per heavy atom. The van der Waals surface area contributed by atoms with E-state index >= 15 is 0 Å². The van der Waals surface area contributed by atoms with Gasteiger partial charge in [-0.15, -0.1) is 0 Å². The minimum atomic E-state index is -4.79. The second-order valence-corrected chi connectivity index (χ2v) is 6.22. The van der Waals surface area contributed by atoms with Crippen LogP contribution < -0.4 is 15.2 Å². The van der Waals surface area contributed by atoms with Gasteiger partial charge in [0.25, 0.3) is 5.56 Å². The number of aromatic amines is 1. The summed E-state index contributed by atoms with van der Waals surface area (Å²) in [5.41, 5.74) is -0.570. The number of halogens is 3. The van der Waals surface area contributed by atoms with E-state index in [1.165, 1.54) is 4.90 Å². The summed E-state index contributed by atoms with van der Waals surface area (Å²) in [6.45, 7) is 0.590. The zero-order valence-electron chi connectivity index (χ0n) is 14.4. The average molecular weight is 389 g/mol. The maximum absolute atomic E-state index is 13.3. The number of fused-ring (bicyclic) bond motifs is 1. The summed E-state index contributed by atoms with van der Waals surface area (Å²) in [4.78, 5) is 21.5. The van der Waals surface area contributed by atoms with Gasteiger partial charge in [-0.05, 0) is 17.7 Å². The molecule has 10 heteroatoms. The van der Waals surface area contributed by atoms with Crippen LogP contribution in [0.4, 0.5) is 18.9 Å². The van der Waals surface area contributed by atoms with Gasteiger partial charge < -0.3 is 9.64 Å². The number of nitrogens with one attached hydrogen (secondary N) is 1. The lowest BCUT2D eigenvalue weighted by molar-refractivity contribution is -0.138. The van der Waals surface area contributed by atoms with Crippen molar-refractivity contribution in [2.24, 2.45) is 0 Å². The van der Waals surface area contributed by atoms with Gasteiger partial charge in [0.2, 0.25) is 5.88 Å². The normalized spacial score (nSPS) is 13.5. The number of rotatable bonds is 4. The van der Waals surface area contributed by atoms with Crippen LogP contribution in [0.2, 0.25) is 0 Å². The molecule has 1 aliphatic rings. The molecule has 3 aromatic rings. The van der Waals surface area contributed by atoms with E-state index in [2.05, 4.69) is 15.1 Å². The van der Waals surface area contributed by atoms with Gasteiger partial charge in [0.05, 0.1) is 24.1 Å². The minimum absolute atomic E-state index is 0.119. The van der Waals surface area contributed by atoms with Gasteiger partial charge in [0.1, 0.15) is 12.2 Å². The molecule has 28 heavy (non-hydrogen) atoms. The fourth-order valence-electron chi connectivity index (χ4n) is 3.03. The fourth-order valence-corrected chi connectivity index (χ4v) is 3.03. The van der Waals surface area contributed by atoms with Crippen molar-refractivity contribution in [2.75, 3.05) is 4.90 Å². The van der Waals surface area contributed by atoms with E-state index in [9.17, 15) is 18.0 Å². The van der Waals surface area contributed by atoms with Crippen LogP contribution in [-0.4, -0.2) is 20.2 Å². The highest BCUT2D eigenvalue weighted by Gasteiger charge is 2.39. The molecule has 0 amide bonds. The van der Waals surface area contributed by atoms with Crippen LogP contribution in [0.25, 0.3) is 0 Å². The summed E-state index contributed by atoms with van der Waals surface area (Å²) in [6.07, 6.45) is -0.444. The quantitative estimate of drug-likeness (QED) is 0.739. The van der Waals surface area contributed by atoms with Crippen LogP contribution in [0.3, 0.4) is 0 Å². The summed E-state index contributed by atoms with van der Waals surface area (Å²) in [6, 6.07) is 7.08. The van der Waals surface area contributed by atoms with Gasteiger partial charge in [-0.2, -0.15) is 18.3 Å². The van der Waals surface area contributed by atoms with Crippen LogP contribution in [0, 0.1) is 0 Å². The van der Waals surface area contributed by atoms with Crippen LogP contribution in [0.1, 0.15) is 22.4 Å². The zero-order chi connectivity index (χ0) is 19.7. The predicted molar refractivity (Wildman–Crippen MR) is 92.6 cm³/mol. The third-order valence-corrected chi connectivity index (χ3v) is 4.31. The molecule has 0 unspecified atom stereocenters. The van der Waals surface area contributed by atoms with Gasteiger partial charge in [0.15, 0.2) is 0 Å². The van der Waals surface area contributed by atoms with E-state index in [0.29, 0.717) is 11.6 Å². The van der Waals surface area contributed by atoms with E-state index in [4.69, 9.17) is 4.74 Å². The average Bonchev–Trinajstić information content (AvgIpc) is 3.09. The van der Waals surface area contributed by atoms with Crippen molar-refractivity contribution in [2.45, 2.75) is 25.9 Å². The number of H-pyrrole nitrogens is 1. The third kappa shape index (κ3) is 3.53.